The van der Waals surface area contributed by atoms with Gasteiger partial charge in [-0.05, 0) is 35.2 Å². The number of carbonyl (C=O) groups is 1. The number of carbonyl (C=O) groups excluding carboxylic acids is 1. The first-order valence-electron chi connectivity index (χ1n) is 8.59. The van der Waals surface area contributed by atoms with E-state index in [9.17, 15) is 10.1 Å². The van der Waals surface area contributed by atoms with Gasteiger partial charge in [0.05, 0.1) is 12.0 Å². The quantitative estimate of drug-likeness (QED) is 0.756. The van der Waals surface area contributed by atoms with Gasteiger partial charge in [-0.1, -0.05) is 44.2 Å². The van der Waals surface area contributed by atoms with E-state index in [1.165, 1.54) is 0 Å². The van der Waals surface area contributed by atoms with Crippen molar-refractivity contribution in [2.24, 2.45) is 17.3 Å². The van der Waals surface area contributed by atoms with Gasteiger partial charge in [0.15, 0.2) is 6.10 Å². The third kappa shape index (κ3) is 2.83. The predicted molar refractivity (Wildman–Crippen MR) is 93.0 cm³/mol. The predicted octanol–water partition coefficient (Wildman–Crippen LogP) is 4.22. The van der Waals surface area contributed by atoms with Gasteiger partial charge in [-0.2, -0.15) is 5.26 Å². The summed E-state index contributed by atoms with van der Waals surface area (Å²) >= 11 is 0. The largest absolute Gasteiger partial charge is 0.457 e. The van der Waals surface area contributed by atoms with Gasteiger partial charge >= 0.3 is 5.97 Å². The Morgan fingerprint density at radius 3 is 2.50 bits per heavy atom. The molecule has 1 saturated carbocycles. The van der Waals surface area contributed by atoms with Crippen LogP contribution in [0.1, 0.15) is 25.5 Å². The number of nitriles is 1. The molecule has 0 aromatic heterocycles. The summed E-state index contributed by atoms with van der Waals surface area (Å²) in [6.07, 6.45) is -1.51. The van der Waals surface area contributed by atoms with E-state index >= 15 is 0 Å². The number of fused-ring (bicyclic) bond motifs is 1. The van der Waals surface area contributed by atoms with Crippen molar-refractivity contribution in [2.75, 3.05) is 0 Å². The molecule has 1 aliphatic carbocycles. The summed E-state index contributed by atoms with van der Waals surface area (Å²) in [4.78, 5) is 11.9. The molecule has 26 heavy (non-hydrogen) atoms. The number of ether oxygens (including phenoxy) is 3. The molecular weight excluding hydrogens is 330 g/mol. The molecule has 2 aromatic carbocycles. The number of cyclic esters (lactones) is 1. The highest BCUT2D eigenvalue weighted by molar-refractivity contribution is 5.80. The van der Waals surface area contributed by atoms with Crippen molar-refractivity contribution >= 4 is 5.97 Å². The van der Waals surface area contributed by atoms with Crippen LogP contribution in [0.5, 0.6) is 11.5 Å². The minimum absolute atomic E-state index is 0.00889. The Morgan fingerprint density at radius 2 is 1.85 bits per heavy atom. The number of para-hydroxylation sites is 1. The summed E-state index contributed by atoms with van der Waals surface area (Å²) in [5, 5.41) is 9.56. The van der Waals surface area contributed by atoms with Crippen LogP contribution in [0.4, 0.5) is 0 Å². The molecular formula is C21H19NO4. The molecule has 4 atom stereocenters. The summed E-state index contributed by atoms with van der Waals surface area (Å²) in [6, 6.07) is 18.8. The van der Waals surface area contributed by atoms with E-state index in [1.807, 2.05) is 56.3 Å². The van der Waals surface area contributed by atoms with E-state index in [4.69, 9.17) is 14.2 Å². The smallest absolute Gasteiger partial charge is 0.312 e. The summed E-state index contributed by atoms with van der Waals surface area (Å²) in [5.74, 6) is 0.981. The average molecular weight is 349 g/mol. The Bertz CT molecular complexity index is 871. The fourth-order valence-electron chi connectivity index (χ4n) is 3.69. The average Bonchev–Trinajstić information content (AvgIpc) is 3.03. The van der Waals surface area contributed by atoms with Crippen molar-refractivity contribution in [3.63, 3.8) is 0 Å². The third-order valence-electron chi connectivity index (χ3n) is 5.22. The first-order valence-corrected chi connectivity index (χ1v) is 8.59. The van der Waals surface area contributed by atoms with E-state index < -0.39 is 12.4 Å². The Labute approximate surface area is 152 Å². The molecule has 1 heterocycles. The SMILES string of the molecule is CC1(C)C2C(=O)O[C@@H](O[C@H](C#N)c3cccc(Oc4ccccc4)c3)C21. The molecule has 132 valence electrons. The normalized spacial score (nSPS) is 26.3. The maximum atomic E-state index is 11.9. The second-order valence-corrected chi connectivity index (χ2v) is 7.26. The zero-order valence-corrected chi connectivity index (χ0v) is 14.6. The lowest BCUT2D eigenvalue weighted by atomic mass is 10.1. The molecule has 4 rings (SSSR count). The second kappa shape index (κ2) is 6.15. The minimum atomic E-state index is -0.831. The molecule has 0 bridgehead atoms. The van der Waals surface area contributed by atoms with Crippen LogP contribution in [0.2, 0.25) is 0 Å². The number of rotatable bonds is 5. The third-order valence-corrected chi connectivity index (χ3v) is 5.22. The maximum absolute atomic E-state index is 11.9. The van der Waals surface area contributed by atoms with Crippen molar-refractivity contribution in [1.82, 2.24) is 0 Å². The van der Waals surface area contributed by atoms with Crippen LogP contribution in [0.15, 0.2) is 54.6 Å². The van der Waals surface area contributed by atoms with Gasteiger partial charge in [0.2, 0.25) is 6.29 Å². The Kier molecular flexibility index (Phi) is 3.93. The number of hydrogen-bond donors (Lipinski definition) is 0. The van der Waals surface area contributed by atoms with Crippen LogP contribution in [0.25, 0.3) is 0 Å². The van der Waals surface area contributed by atoms with Crippen molar-refractivity contribution in [3.05, 3.63) is 60.2 Å². The number of esters is 1. The topological polar surface area (TPSA) is 68.5 Å². The molecule has 2 aliphatic rings. The van der Waals surface area contributed by atoms with Crippen molar-refractivity contribution < 1.29 is 19.0 Å². The van der Waals surface area contributed by atoms with E-state index in [2.05, 4.69) is 6.07 Å². The van der Waals surface area contributed by atoms with Crippen molar-refractivity contribution in [3.8, 4) is 17.6 Å². The summed E-state index contributed by atoms with van der Waals surface area (Å²) < 4.78 is 17.0. The zero-order chi connectivity index (χ0) is 18.3. The van der Waals surface area contributed by atoms with E-state index in [1.54, 1.807) is 12.1 Å². The molecule has 2 fully saturated rings. The molecule has 0 amide bonds. The highest BCUT2D eigenvalue weighted by Gasteiger charge is 2.72. The van der Waals surface area contributed by atoms with Crippen LogP contribution < -0.4 is 4.74 Å². The minimum Gasteiger partial charge on any atom is -0.457 e. The number of hydrogen-bond acceptors (Lipinski definition) is 5. The Balaban J connectivity index is 1.50. The zero-order valence-electron chi connectivity index (χ0n) is 14.6. The van der Waals surface area contributed by atoms with Gasteiger partial charge in [-0.25, -0.2) is 0 Å². The van der Waals surface area contributed by atoms with Crippen LogP contribution >= 0.6 is 0 Å². The molecule has 0 spiro atoms. The number of benzene rings is 2. The molecule has 5 heteroatoms. The molecule has 1 aliphatic heterocycles. The van der Waals surface area contributed by atoms with E-state index in [0.29, 0.717) is 17.1 Å². The van der Waals surface area contributed by atoms with Crippen LogP contribution in [-0.4, -0.2) is 12.3 Å². The molecule has 0 N–H and O–H groups in total. The van der Waals surface area contributed by atoms with Gasteiger partial charge in [-0.15, -0.1) is 0 Å². The number of nitrogens with zero attached hydrogens (tertiary/aromatic N) is 1. The Hall–Kier alpha value is -2.84. The standard InChI is InChI=1S/C21H19NO4/c1-21(2)17-18(21)20(26-19(17)23)25-16(12-22)13-7-6-10-15(11-13)24-14-8-4-3-5-9-14/h3-11,16-18,20H,1-2H3/t16-,17?,18?,20-/m1/s1. The van der Waals surface area contributed by atoms with Crippen molar-refractivity contribution in [1.29, 1.82) is 5.26 Å². The fourth-order valence-corrected chi connectivity index (χ4v) is 3.69. The van der Waals surface area contributed by atoms with E-state index in [-0.39, 0.29) is 23.2 Å². The molecule has 1 saturated heterocycles. The van der Waals surface area contributed by atoms with Crippen molar-refractivity contribution in [2.45, 2.75) is 26.2 Å². The van der Waals surface area contributed by atoms with Gasteiger partial charge in [-0.3, -0.25) is 4.79 Å². The lowest BCUT2D eigenvalue weighted by Crippen LogP contribution is -2.24. The van der Waals surface area contributed by atoms with Gasteiger partial charge in [0.1, 0.15) is 11.5 Å². The molecule has 2 aromatic rings. The van der Waals surface area contributed by atoms with Gasteiger partial charge < -0.3 is 14.2 Å². The van der Waals surface area contributed by atoms with Crippen LogP contribution in [0, 0.1) is 28.6 Å². The Morgan fingerprint density at radius 1 is 1.12 bits per heavy atom. The first kappa shape index (κ1) is 16.6. The van der Waals surface area contributed by atoms with E-state index in [0.717, 1.165) is 0 Å². The highest BCUT2D eigenvalue weighted by atomic mass is 16.7. The maximum Gasteiger partial charge on any atom is 0.312 e. The highest BCUT2D eigenvalue weighted by Crippen LogP contribution is 2.65. The molecule has 5 nitrogen and oxygen atoms in total. The first-order chi connectivity index (χ1) is 12.5. The monoisotopic (exact) mass is 349 g/mol. The second-order valence-electron chi connectivity index (χ2n) is 7.26. The summed E-state index contributed by atoms with van der Waals surface area (Å²) in [7, 11) is 0. The summed E-state index contributed by atoms with van der Waals surface area (Å²) in [6.45, 7) is 4.05. The van der Waals surface area contributed by atoms with Gasteiger partial charge in [0.25, 0.3) is 0 Å². The molecule has 2 unspecified atom stereocenters. The lowest BCUT2D eigenvalue weighted by molar-refractivity contribution is -0.182. The van der Waals surface area contributed by atoms with Gasteiger partial charge in [0, 0.05) is 5.92 Å². The molecule has 0 radical (unpaired) electrons. The lowest BCUT2D eigenvalue weighted by Gasteiger charge is -2.21. The van der Waals surface area contributed by atoms with Crippen LogP contribution in [0.3, 0.4) is 0 Å². The summed E-state index contributed by atoms with van der Waals surface area (Å²) in [5.41, 5.74) is 0.539. The van der Waals surface area contributed by atoms with Crippen LogP contribution in [-0.2, 0) is 14.3 Å². The fraction of sp³-hybridized carbons (Fsp3) is 0.333.